The standard InChI is InChI=1S/C8H9N5O4S/c9-12-10-5-6-11-18(16,17)8-3-1-7(2-4-8)13(14)15/h1-4,11H,5-6H2. The summed E-state index contributed by atoms with van der Waals surface area (Å²) < 4.78 is 25.5. The average Bonchev–Trinajstić information content (AvgIpc) is 2.35. The Balaban J connectivity index is 2.78. The van der Waals surface area contributed by atoms with Crippen LogP contribution in [0.1, 0.15) is 0 Å². The summed E-state index contributed by atoms with van der Waals surface area (Å²) in [6.45, 7) is -0.0495. The molecule has 10 heteroatoms. The van der Waals surface area contributed by atoms with Crippen LogP contribution in [-0.2, 0) is 10.0 Å². The number of nitrogens with one attached hydrogen (secondary N) is 1. The van der Waals surface area contributed by atoms with E-state index in [0.717, 1.165) is 24.3 Å². The van der Waals surface area contributed by atoms with Crippen LogP contribution in [0.25, 0.3) is 10.4 Å². The summed E-state index contributed by atoms with van der Waals surface area (Å²) in [5.41, 5.74) is 7.82. The Bertz CT molecular complexity index is 576. The van der Waals surface area contributed by atoms with Crippen molar-refractivity contribution in [3.63, 3.8) is 0 Å². The van der Waals surface area contributed by atoms with Gasteiger partial charge in [0, 0.05) is 30.1 Å². The molecule has 0 aromatic heterocycles. The van der Waals surface area contributed by atoms with Gasteiger partial charge < -0.3 is 0 Å². The summed E-state index contributed by atoms with van der Waals surface area (Å²) in [6.07, 6.45) is 0. The number of sulfonamides is 1. The second-order valence-electron chi connectivity index (χ2n) is 3.10. The van der Waals surface area contributed by atoms with Crippen LogP contribution < -0.4 is 4.72 Å². The van der Waals surface area contributed by atoms with Gasteiger partial charge in [-0.1, -0.05) is 5.11 Å². The number of azide groups is 1. The van der Waals surface area contributed by atoms with Crippen molar-refractivity contribution < 1.29 is 13.3 Å². The Morgan fingerprint density at radius 1 is 1.39 bits per heavy atom. The molecule has 0 aliphatic rings. The van der Waals surface area contributed by atoms with Crippen LogP contribution in [0.4, 0.5) is 5.69 Å². The van der Waals surface area contributed by atoms with Crippen molar-refractivity contribution in [1.29, 1.82) is 0 Å². The smallest absolute Gasteiger partial charge is 0.258 e. The predicted molar refractivity (Wildman–Crippen MR) is 62.3 cm³/mol. The van der Waals surface area contributed by atoms with Crippen LogP contribution in [0.3, 0.4) is 0 Å². The van der Waals surface area contributed by atoms with Gasteiger partial charge in [-0.2, -0.15) is 0 Å². The van der Waals surface area contributed by atoms with Crippen molar-refractivity contribution in [3.05, 3.63) is 44.8 Å². The first kappa shape index (κ1) is 13.9. The zero-order valence-corrected chi connectivity index (χ0v) is 9.87. The molecule has 0 spiro atoms. The Hall–Kier alpha value is -2.16. The second kappa shape index (κ2) is 5.96. The van der Waals surface area contributed by atoms with E-state index in [1.54, 1.807) is 0 Å². The monoisotopic (exact) mass is 271 g/mol. The van der Waals surface area contributed by atoms with Crippen LogP contribution in [0, 0.1) is 10.1 Å². The van der Waals surface area contributed by atoms with Crippen LogP contribution >= 0.6 is 0 Å². The molecular formula is C8H9N5O4S. The van der Waals surface area contributed by atoms with Crippen molar-refractivity contribution in [1.82, 2.24) is 4.72 Å². The molecule has 0 saturated heterocycles. The third kappa shape index (κ3) is 3.70. The lowest BCUT2D eigenvalue weighted by Crippen LogP contribution is -2.26. The predicted octanol–water partition coefficient (Wildman–Crippen LogP) is 1.18. The number of hydrogen-bond donors (Lipinski definition) is 1. The fraction of sp³-hybridized carbons (Fsp3) is 0.250. The number of nitrogens with zero attached hydrogens (tertiary/aromatic N) is 4. The fourth-order valence-corrected chi connectivity index (χ4v) is 2.13. The summed E-state index contributed by atoms with van der Waals surface area (Å²) >= 11 is 0. The third-order valence-corrected chi connectivity index (χ3v) is 3.40. The van der Waals surface area contributed by atoms with E-state index < -0.39 is 14.9 Å². The molecule has 0 atom stereocenters. The topological polar surface area (TPSA) is 138 Å². The molecule has 1 aromatic rings. The van der Waals surface area contributed by atoms with Crippen LogP contribution in [0.2, 0.25) is 0 Å². The molecule has 0 fully saturated rings. The molecule has 96 valence electrons. The van der Waals surface area contributed by atoms with E-state index >= 15 is 0 Å². The second-order valence-corrected chi connectivity index (χ2v) is 4.87. The number of rotatable bonds is 6. The molecule has 0 saturated carbocycles. The minimum atomic E-state index is -3.74. The summed E-state index contributed by atoms with van der Waals surface area (Å²) in [5, 5.41) is 13.6. The van der Waals surface area contributed by atoms with Gasteiger partial charge in [0.2, 0.25) is 10.0 Å². The molecule has 0 unspecified atom stereocenters. The molecule has 1 N–H and O–H groups in total. The van der Waals surface area contributed by atoms with Crippen LogP contribution in [0.15, 0.2) is 34.3 Å². The molecule has 0 heterocycles. The minimum absolute atomic E-state index is 0.0112. The summed E-state index contributed by atoms with van der Waals surface area (Å²) in [6, 6.07) is 4.46. The van der Waals surface area contributed by atoms with Crippen molar-refractivity contribution in [2.24, 2.45) is 5.11 Å². The zero-order valence-electron chi connectivity index (χ0n) is 9.05. The van der Waals surface area contributed by atoms with Gasteiger partial charge in [0.1, 0.15) is 0 Å². The minimum Gasteiger partial charge on any atom is -0.258 e. The van der Waals surface area contributed by atoms with E-state index in [9.17, 15) is 18.5 Å². The van der Waals surface area contributed by atoms with Gasteiger partial charge in [0.15, 0.2) is 0 Å². The van der Waals surface area contributed by atoms with E-state index in [4.69, 9.17) is 5.53 Å². The first-order valence-electron chi connectivity index (χ1n) is 4.72. The molecule has 9 nitrogen and oxygen atoms in total. The van der Waals surface area contributed by atoms with Gasteiger partial charge in [-0.3, -0.25) is 10.1 Å². The Labute approximate surface area is 102 Å². The van der Waals surface area contributed by atoms with Crippen molar-refractivity contribution in [2.75, 3.05) is 13.1 Å². The SMILES string of the molecule is [N-]=[N+]=NCCNS(=O)(=O)c1ccc([N+](=O)[O-])cc1. The Kier molecular flexibility index (Phi) is 4.60. The molecule has 18 heavy (non-hydrogen) atoms. The molecule has 0 aliphatic carbocycles. The number of nitro groups is 1. The first-order chi connectivity index (χ1) is 8.47. The molecule has 0 aliphatic heterocycles. The van der Waals surface area contributed by atoms with E-state index in [1.807, 2.05) is 0 Å². The first-order valence-corrected chi connectivity index (χ1v) is 6.20. The quantitative estimate of drug-likeness (QED) is 0.207. The van der Waals surface area contributed by atoms with Crippen LogP contribution in [-0.4, -0.2) is 26.4 Å². The van der Waals surface area contributed by atoms with Gasteiger partial charge in [0.25, 0.3) is 5.69 Å². The number of nitro benzene ring substituents is 1. The molecule has 1 rings (SSSR count). The molecule has 0 amide bonds. The molecule has 0 radical (unpaired) electrons. The van der Waals surface area contributed by atoms with Gasteiger partial charge >= 0.3 is 0 Å². The van der Waals surface area contributed by atoms with Gasteiger partial charge in [-0.25, -0.2) is 13.1 Å². The van der Waals surface area contributed by atoms with E-state index in [1.165, 1.54) is 0 Å². The van der Waals surface area contributed by atoms with Crippen LogP contribution in [0.5, 0.6) is 0 Å². The molecule has 0 bridgehead atoms. The normalized spacial score (nSPS) is 10.7. The maximum atomic E-state index is 11.7. The highest BCUT2D eigenvalue weighted by atomic mass is 32.2. The summed E-state index contributed by atoms with van der Waals surface area (Å²) in [7, 11) is -3.74. The number of benzene rings is 1. The van der Waals surface area contributed by atoms with Gasteiger partial charge in [0.05, 0.1) is 9.82 Å². The maximum absolute atomic E-state index is 11.7. The summed E-state index contributed by atoms with van der Waals surface area (Å²) in [4.78, 5) is 12.2. The molecule has 1 aromatic carbocycles. The van der Waals surface area contributed by atoms with Gasteiger partial charge in [-0.05, 0) is 17.7 Å². The average molecular weight is 271 g/mol. The van der Waals surface area contributed by atoms with Gasteiger partial charge in [-0.15, -0.1) is 0 Å². The van der Waals surface area contributed by atoms with Crippen molar-refractivity contribution in [3.8, 4) is 0 Å². The lowest BCUT2D eigenvalue weighted by atomic mass is 10.3. The maximum Gasteiger partial charge on any atom is 0.269 e. The Morgan fingerprint density at radius 2 is 2.00 bits per heavy atom. The fourth-order valence-electron chi connectivity index (χ4n) is 1.11. The van der Waals surface area contributed by atoms with Crippen molar-refractivity contribution >= 4 is 15.7 Å². The van der Waals surface area contributed by atoms with E-state index in [2.05, 4.69) is 14.7 Å². The highest BCUT2D eigenvalue weighted by Gasteiger charge is 2.14. The number of hydrogen-bond acceptors (Lipinski definition) is 5. The summed E-state index contributed by atoms with van der Waals surface area (Å²) in [5.74, 6) is 0. The van der Waals surface area contributed by atoms with E-state index in [0.29, 0.717) is 0 Å². The zero-order chi connectivity index (χ0) is 13.6. The van der Waals surface area contributed by atoms with Crippen molar-refractivity contribution in [2.45, 2.75) is 4.90 Å². The highest BCUT2D eigenvalue weighted by Crippen LogP contribution is 2.15. The number of non-ortho nitro benzene ring substituents is 1. The lowest BCUT2D eigenvalue weighted by Gasteiger charge is -2.04. The Morgan fingerprint density at radius 3 is 2.50 bits per heavy atom. The molecular weight excluding hydrogens is 262 g/mol. The lowest BCUT2D eigenvalue weighted by molar-refractivity contribution is -0.384. The highest BCUT2D eigenvalue weighted by molar-refractivity contribution is 7.89. The largest absolute Gasteiger partial charge is 0.269 e. The third-order valence-electron chi connectivity index (χ3n) is 1.92. The van der Waals surface area contributed by atoms with E-state index in [-0.39, 0.29) is 23.7 Å².